The Hall–Kier alpha value is -4.12. The van der Waals surface area contributed by atoms with E-state index in [1.807, 2.05) is 78.9 Å². The van der Waals surface area contributed by atoms with Crippen LogP contribution in [-0.4, -0.2) is 18.0 Å². The molecule has 0 fully saturated rings. The fourth-order valence-electron chi connectivity index (χ4n) is 3.35. The van der Waals surface area contributed by atoms with E-state index in [0.717, 1.165) is 27.6 Å². The van der Waals surface area contributed by atoms with Gasteiger partial charge >= 0.3 is 0 Å². The molecule has 1 aromatic heterocycles. The predicted octanol–water partition coefficient (Wildman–Crippen LogP) is 5.15. The molecule has 0 aliphatic rings. The number of benzene rings is 3. The second-order valence-corrected chi connectivity index (χ2v) is 7.23. The largest absolute Gasteiger partial charge is 0.493 e. The maximum Gasteiger partial charge on any atom is 0.244 e. The molecule has 0 radical (unpaired) electrons. The summed E-state index contributed by atoms with van der Waals surface area (Å²) in [6.07, 6.45) is 5.06. The lowest BCUT2D eigenvalue weighted by Gasteiger charge is -2.12. The van der Waals surface area contributed by atoms with Crippen LogP contribution >= 0.6 is 0 Å². The fourth-order valence-corrected chi connectivity index (χ4v) is 3.35. The molecule has 0 aliphatic carbocycles. The normalized spacial score (nSPS) is 10.9. The van der Waals surface area contributed by atoms with Crippen LogP contribution in [0.4, 0.5) is 0 Å². The van der Waals surface area contributed by atoms with Crippen molar-refractivity contribution in [1.29, 1.82) is 0 Å². The van der Waals surface area contributed by atoms with E-state index < -0.39 is 0 Å². The van der Waals surface area contributed by atoms with Crippen LogP contribution < -0.4 is 14.8 Å². The van der Waals surface area contributed by atoms with Crippen LogP contribution in [0, 0.1) is 0 Å². The Kier molecular flexibility index (Phi) is 6.78. The van der Waals surface area contributed by atoms with Gasteiger partial charge in [0.1, 0.15) is 6.61 Å². The standard InChI is InChI=1S/C27H24N2O3/c1-31-25-17-21(12-14-24(25)32-19-20-7-3-2-4-8-20)18-29-26(30)15-13-23-10-5-9-22-11-6-16-28-27(22)23/h2-17H,18-19H2,1H3,(H,29,30)/b15-13+. The number of amides is 1. The number of nitrogens with one attached hydrogen (secondary N) is 1. The quantitative estimate of drug-likeness (QED) is 0.397. The van der Waals surface area contributed by atoms with Crippen LogP contribution in [0.5, 0.6) is 11.5 Å². The Morgan fingerprint density at radius 2 is 1.78 bits per heavy atom. The van der Waals surface area contributed by atoms with E-state index in [4.69, 9.17) is 9.47 Å². The van der Waals surface area contributed by atoms with Crippen LogP contribution in [0.15, 0.2) is 91.1 Å². The molecule has 0 spiro atoms. The summed E-state index contributed by atoms with van der Waals surface area (Å²) < 4.78 is 11.4. The van der Waals surface area contributed by atoms with Crippen molar-refractivity contribution in [3.8, 4) is 11.5 Å². The van der Waals surface area contributed by atoms with Gasteiger partial charge < -0.3 is 14.8 Å². The van der Waals surface area contributed by atoms with Gasteiger partial charge in [-0.1, -0.05) is 60.7 Å². The van der Waals surface area contributed by atoms with Crippen LogP contribution in [-0.2, 0) is 17.9 Å². The van der Waals surface area contributed by atoms with E-state index in [1.165, 1.54) is 6.08 Å². The average molecular weight is 425 g/mol. The summed E-state index contributed by atoms with van der Waals surface area (Å²) in [6, 6.07) is 25.4. The second-order valence-electron chi connectivity index (χ2n) is 7.23. The molecule has 5 heteroatoms. The lowest BCUT2D eigenvalue weighted by Crippen LogP contribution is -2.20. The molecule has 0 saturated heterocycles. The molecule has 1 heterocycles. The molecular formula is C27H24N2O3. The van der Waals surface area contributed by atoms with Crippen LogP contribution in [0.1, 0.15) is 16.7 Å². The number of ether oxygens (including phenoxy) is 2. The third-order valence-electron chi connectivity index (χ3n) is 5.01. The minimum atomic E-state index is -0.179. The molecule has 1 N–H and O–H groups in total. The number of fused-ring (bicyclic) bond motifs is 1. The second kappa shape index (κ2) is 10.3. The Morgan fingerprint density at radius 3 is 2.62 bits per heavy atom. The number of nitrogens with zero attached hydrogens (tertiary/aromatic N) is 1. The minimum absolute atomic E-state index is 0.179. The first kappa shape index (κ1) is 21.1. The molecule has 0 bridgehead atoms. The number of aromatic nitrogens is 1. The molecular weight excluding hydrogens is 400 g/mol. The van der Waals surface area contributed by atoms with Gasteiger partial charge in [0.25, 0.3) is 0 Å². The first-order valence-electron chi connectivity index (χ1n) is 10.4. The van der Waals surface area contributed by atoms with E-state index in [2.05, 4.69) is 10.3 Å². The zero-order valence-corrected chi connectivity index (χ0v) is 17.8. The van der Waals surface area contributed by atoms with Gasteiger partial charge in [-0.25, -0.2) is 0 Å². The van der Waals surface area contributed by atoms with Crippen molar-refractivity contribution >= 4 is 22.9 Å². The number of para-hydroxylation sites is 1. The van der Waals surface area contributed by atoms with Gasteiger partial charge in [-0.2, -0.15) is 0 Å². The van der Waals surface area contributed by atoms with E-state index in [-0.39, 0.29) is 5.91 Å². The Labute approximate surface area is 187 Å². The third-order valence-corrected chi connectivity index (χ3v) is 5.01. The van der Waals surface area contributed by atoms with Gasteiger partial charge in [-0.15, -0.1) is 0 Å². The maximum absolute atomic E-state index is 12.3. The van der Waals surface area contributed by atoms with Crippen molar-refractivity contribution < 1.29 is 14.3 Å². The highest BCUT2D eigenvalue weighted by Crippen LogP contribution is 2.29. The fraction of sp³-hybridized carbons (Fsp3) is 0.111. The van der Waals surface area contributed by atoms with Crippen LogP contribution in [0.2, 0.25) is 0 Å². The topological polar surface area (TPSA) is 60.5 Å². The number of carbonyl (C=O) groups is 1. The zero-order chi connectivity index (χ0) is 22.2. The zero-order valence-electron chi connectivity index (χ0n) is 17.8. The summed E-state index contributed by atoms with van der Waals surface area (Å²) in [6.45, 7) is 0.841. The highest BCUT2D eigenvalue weighted by molar-refractivity contribution is 5.95. The molecule has 5 nitrogen and oxygen atoms in total. The Morgan fingerprint density at radius 1 is 0.938 bits per heavy atom. The number of rotatable bonds is 8. The van der Waals surface area contributed by atoms with Gasteiger partial charge in [0.2, 0.25) is 5.91 Å². The van der Waals surface area contributed by atoms with E-state index in [1.54, 1.807) is 19.4 Å². The smallest absolute Gasteiger partial charge is 0.244 e. The molecule has 1 amide bonds. The van der Waals surface area contributed by atoms with Crippen molar-refractivity contribution in [2.24, 2.45) is 0 Å². The minimum Gasteiger partial charge on any atom is -0.493 e. The number of hydrogen-bond acceptors (Lipinski definition) is 4. The molecule has 0 atom stereocenters. The monoisotopic (exact) mass is 424 g/mol. The van der Waals surface area contributed by atoms with Gasteiger partial charge in [-0.05, 0) is 35.4 Å². The molecule has 4 rings (SSSR count). The molecule has 4 aromatic rings. The number of methoxy groups -OCH3 is 1. The maximum atomic E-state index is 12.3. The number of hydrogen-bond donors (Lipinski definition) is 1. The molecule has 0 aliphatic heterocycles. The summed E-state index contributed by atoms with van der Waals surface area (Å²) in [4.78, 5) is 16.7. The molecule has 3 aromatic carbocycles. The van der Waals surface area contributed by atoms with Crippen LogP contribution in [0.3, 0.4) is 0 Å². The molecule has 0 unspecified atom stereocenters. The summed E-state index contributed by atoms with van der Waals surface area (Å²) in [7, 11) is 1.61. The predicted molar refractivity (Wildman–Crippen MR) is 126 cm³/mol. The van der Waals surface area contributed by atoms with Gasteiger partial charge in [-0.3, -0.25) is 9.78 Å². The first-order valence-corrected chi connectivity index (χ1v) is 10.4. The van der Waals surface area contributed by atoms with Crippen molar-refractivity contribution in [3.05, 3.63) is 108 Å². The lowest BCUT2D eigenvalue weighted by atomic mass is 10.1. The summed E-state index contributed by atoms with van der Waals surface area (Å²) in [5.74, 6) is 1.11. The summed E-state index contributed by atoms with van der Waals surface area (Å²) in [5.41, 5.74) is 3.77. The summed E-state index contributed by atoms with van der Waals surface area (Å²) in [5, 5.41) is 3.94. The third kappa shape index (κ3) is 5.32. The first-order chi connectivity index (χ1) is 15.7. The molecule has 160 valence electrons. The Balaban J connectivity index is 1.36. The summed E-state index contributed by atoms with van der Waals surface area (Å²) >= 11 is 0. The lowest BCUT2D eigenvalue weighted by molar-refractivity contribution is -0.116. The van der Waals surface area contributed by atoms with Gasteiger partial charge in [0, 0.05) is 29.8 Å². The average Bonchev–Trinajstić information content (AvgIpc) is 2.85. The number of carbonyl (C=O) groups excluding carboxylic acids is 1. The van der Waals surface area contributed by atoms with E-state index in [9.17, 15) is 4.79 Å². The van der Waals surface area contributed by atoms with Crippen molar-refractivity contribution in [2.45, 2.75) is 13.2 Å². The molecule has 32 heavy (non-hydrogen) atoms. The molecule has 0 saturated carbocycles. The number of pyridine rings is 1. The van der Waals surface area contributed by atoms with Crippen molar-refractivity contribution in [2.75, 3.05) is 7.11 Å². The van der Waals surface area contributed by atoms with E-state index in [0.29, 0.717) is 24.7 Å². The van der Waals surface area contributed by atoms with Crippen molar-refractivity contribution in [1.82, 2.24) is 10.3 Å². The highest BCUT2D eigenvalue weighted by atomic mass is 16.5. The Bertz CT molecular complexity index is 1230. The highest BCUT2D eigenvalue weighted by Gasteiger charge is 2.07. The SMILES string of the molecule is COc1cc(CNC(=O)/C=C/c2cccc3cccnc23)ccc1OCc1ccccc1. The van der Waals surface area contributed by atoms with Crippen LogP contribution in [0.25, 0.3) is 17.0 Å². The van der Waals surface area contributed by atoms with Crippen molar-refractivity contribution in [3.63, 3.8) is 0 Å². The van der Waals surface area contributed by atoms with E-state index >= 15 is 0 Å². The van der Waals surface area contributed by atoms with Gasteiger partial charge in [0.05, 0.1) is 12.6 Å². The van der Waals surface area contributed by atoms with Gasteiger partial charge in [0.15, 0.2) is 11.5 Å².